The third kappa shape index (κ3) is 3.85. The van der Waals surface area contributed by atoms with Gasteiger partial charge in [0.05, 0.1) is 0 Å². The normalized spacial score (nSPS) is 15.6. The molecule has 96 valence electrons. The first-order valence-corrected chi connectivity index (χ1v) is 6.72. The molecule has 0 bridgehead atoms. The SMILES string of the molecule is CCCC(N)C(C)c1ccc(C(C)(C)C)cc1. The Morgan fingerprint density at radius 2 is 1.65 bits per heavy atom. The van der Waals surface area contributed by atoms with Gasteiger partial charge in [-0.3, -0.25) is 0 Å². The van der Waals surface area contributed by atoms with Crippen LogP contribution in [0.15, 0.2) is 24.3 Å². The molecule has 0 aliphatic heterocycles. The Morgan fingerprint density at radius 3 is 2.06 bits per heavy atom. The van der Waals surface area contributed by atoms with Gasteiger partial charge < -0.3 is 5.73 Å². The van der Waals surface area contributed by atoms with Crippen LogP contribution in [0.25, 0.3) is 0 Å². The second-order valence-electron chi connectivity index (χ2n) is 6.11. The van der Waals surface area contributed by atoms with Gasteiger partial charge in [0.2, 0.25) is 0 Å². The van der Waals surface area contributed by atoms with Crippen molar-refractivity contribution in [3.8, 4) is 0 Å². The Hall–Kier alpha value is -0.820. The lowest BCUT2D eigenvalue weighted by Gasteiger charge is -2.22. The van der Waals surface area contributed by atoms with Crippen molar-refractivity contribution in [1.82, 2.24) is 0 Å². The predicted octanol–water partition coefficient (Wildman–Crippen LogP) is 4.22. The molecule has 2 unspecified atom stereocenters. The molecular weight excluding hydrogens is 206 g/mol. The molecule has 1 heteroatoms. The van der Waals surface area contributed by atoms with Gasteiger partial charge in [-0.15, -0.1) is 0 Å². The third-order valence-corrected chi connectivity index (χ3v) is 3.57. The van der Waals surface area contributed by atoms with Gasteiger partial charge in [0, 0.05) is 6.04 Å². The van der Waals surface area contributed by atoms with Gasteiger partial charge in [-0.05, 0) is 28.9 Å². The largest absolute Gasteiger partial charge is 0.327 e. The van der Waals surface area contributed by atoms with Crippen LogP contribution in [0.4, 0.5) is 0 Å². The second-order valence-corrected chi connectivity index (χ2v) is 6.11. The Balaban J connectivity index is 2.80. The maximum atomic E-state index is 6.18. The summed E-state index contributed by atoms with van der Waals surface area (Å²) in [5, 5.41) is 0. The predicted molar refractivity (Wildman–Crippen MR) is 76.4 cm³/mol. The number of hydrogen-bond donors (Lipinski definition) is 1. The van der Waals surface area contributed by atoms with Crippen molar-refractivity contribution >= 4 is 0 Å². The van der Waals surface area contributed by atoms with E-state index in [4.69, 9.17) is 5.73 Å². The quantitative estimate of drug-likeness (QED) is 0.828. The van der Waals surface area contributed by atoms with Crippen molar-refractivity contribution < 1.29 is 0 Å². The molecule has 0 radical (unpaired) electrons. The number of nitrogens with two attached hydrogens (primary N) is 1. The lowest BCUT2D eigenvalue weighted by atomic mass is 9.84. The van der Waals surface area contributed by atoms with Crippen molar-refractivity contribution in [3.63, 3.8) is 0 Å². The Morgan fingerprint density at radius 1 is 1.12 bits per heavy atom. The minimum absolute atomic E-state index is 0.229. The molecule has 0 fully saturated rings. The van der Waals surface area contributed by atoms with E-state index in [2.05, 4.69) is 58.9 Å². The van der Waals surface area contributed by atoms with Crippen LogP contribution in [0, 0.1) is 0 Å². The fraction of sp³-hybridized carbons (Fsp3) is 0.625. The molecule has 1 aromatic rings. The maximum absolute atomic E-state index is 6.18. The molecular formula is C16H27N. The van der Waals surface area contributed by atoms with Crippen LogP contribution in [0.2, 0.25) is 0 Å². The van der Waals surface area contributed by atoms with Crippen molar-refractivity contribution in [1.29, 1.82) is 0 Å². The van der Waals surface area contributed by atoms with Crippen molar-refractivity contribution in [2.45, 2.75) is 64.8 Å². The smallest absolute Gasteiger partial charge is 0.0105 e. The van der Waals surface area contributed by atoms with E-state index in [1.807, 2.05) is 0 Å². The van der Waals surface area contributed by atoms with Gasteiger partial charge in [0.15, 0.2) is 0 Å². The van der Waals surface area contributed by atoms with Crippen LogP contribution in [0.5, 0.6) is 0 Å². The molecule has 0 aromatic heterocycles. The van der Waals surface area contributed by atoms with Crippen LogP contribution >= 0.6 is 0 Å². The maximum Gasteiger partial charge on any atom is 0.0105 e. The Kier molecular flexibility index (Phi) is 4.76. The molecule has 2 atom stereocenters. The van der Waals surface area contributed by atoms with E-state index in [1.54, 1.807) is 0 Å². The van der Waals surface area contributed by atoms with E-state index < -0.39 is 0 Å². The average molecular weight is 233 g/mol. The first-order valence-electron chi connectivity index (χ1n) is 6.72. The highest BCUT2D eigenvalue weighted by Crippen LogP contribution is 2.26. The lowest BCUT2D eigenvalue weighted by Crippen LogP contribution is -2.26. The summed E-state index contributed by atoms with van der Waals surface area (Å²) >= 11 is 0. The van der Waals surface area contributed by atoms with Gasteiger partial charge in [0.1, 0.15) is 0 Å². The van der Waals surface area contributed by atoms with E-state index >= 15 is 0 Å². The third-order valence-electron chi connectivity index (χ3n) is 3.57. The molecule has 0 spiro atoms. The molecule has 0 saturated heterocycles. The highest BCUT2D eigenvalue weighted by atomic mass is 14.6. The molecule has 1 nitrogen and oxygen atoms in total. The summed E-state index contributed by atoms with van der Waals surface area (Å²) in [5.74, 6) is 0.448. The van der Waals surface area contributed by atoms with Crippen LogP contribution < -0.4 is 5.73 Å². The summed E-state index contributed by atoms with van der Waals surface area (Å²) in [4.78, 5) is 0. The highest BCUT2D eigenvalue weighted by Gasteiger charge is 2.16. The summed E-state index contributed by atoms with van der Waals surface area (Å²) in [7, 11) is 0. The molecule has 1 aromatic carbocycles. The van der Waals surface area contributed by atoms with Crippen LogP contribution in [0.1, 0.15) is 64.5 Å². The average Bonchev–Trinajstić information content (AvgIpc) is 2.27. The fourth-order valence-electron chi connectivity index (χ4n) is 2.12. The number of rotatable bonds is 4. The van der Waals surface area contributed by atoms with E-state index in [-0.39, 0.29) is 11.5 Å². The second kappa shape index (κ2) is 5.68. The summed E-state index contributed by atoms with van der Waals surface area (Å²) in [6.45, 7) is 11.2. The monoisotopic (exact) mass is 233 g/mol. The summed E-state index contributed by atoms with van der Waals surface area (Å²) < 4.78 is 0. The van der Waals surface area contributed by atoms with E-state index in [0.717, 1.165) is 12.8 Å². The van der Waals surface area contributed by atoms with Gasteiger partial charge in [-0.2, -0.15) is 0 Å². The van der Waals surface area contributed by atoms with Crippen molar-refractivity contribution in [2.75, 3.05) is 0 Å². The van der Waals surface area contributed by atoms with Crippen LogP contribution in [-0.2, 0) is 5.41 Å². The van der Waals surface area contributed by atoms with Crippen LogP contribution in [-0.4, -0.2) is 6.04 Å². The molecule has 0 amide bonds. The minimum atomic E-state index is 0.229. The topological polar surface area (TPSA) is 26.0 Å². The molecule has 2 N–H and O–H groups in total. The van der Waals surface area contributed by atoms with Crippen molar-refractivity contribution in [2.24, 2.45) is 5.73 Å². The Labute approximate surface area is 106 Å². The zero-order valence-corrected chi connectivity index (χ0v) is 12.0. The van der Waals surface area contributed by atoms with Gasteiger partial charge in [-0.25, -0.2) is 0 Å². The lowest BCUT2D eigenvalue weighted by molar-refractivity contribution is 0.521. The summed E-state index contributed by atoms with van der Waals surface area (Å²) in [6.07, 6.45) is 2.26. The van der Waals surface area contributed by atoms with Crippen molar-refractivity contribution in [3.05, 3.63) is 35.4 Å². The highest BCUT2D eigenvalue weighted by molar-refractivity contribution is 5.29. The summed E-state index contributed by atoms with van der Waals surface area (Å²) in [5.41, 5.74) is 9.16. The molecule has 0 heterocycles. The molecule has 17 heavy (non-hydrogen) atoms. The number of hydrogen-bond acceptors (Lipinski definition) is 1. The fourth-order valence-corrected chi connectivity index (χ4v) is 2.12. The molecule has 1 rings (SSSR count). The first kappa shape index (κ1) is 14.2. The number of benzene rings is 1. The van der Waals surface area contributed by atoms with Gasteiger partial charge >= 0.3 is 0 Å². The van der Waals surface area contributed by atoms with Crippen LogP contribution in [0.3, 0.4) is 0 Å². The van der Waals surface area contributed by atoms with Gasteiger partial charge in [-0.1, -0.05) is 65.3 Å². The Bertz CT molecular complexity index is 332. The minimum Gasteiger partial charge on any atom is -0.327 e. The standard InChI is InChI=1S/C16H27N/c1-6-7-15(17)12(2)13-8-10-14(11-9-13)16(3,4)5/h8-12,15H,6-7,17H2,1-5H3. The molecule has 0 saturated carbocycles. The summed E-state index contributed by atoms with van der Waals surface area (Å²) in [6, 6.07) is 9.23. The van der Waals surface area contributed by atoms with E-state index in [0.29, 0.717) is 5.92 Å². The van der Waals surface area contributed by atoms with E-state index in [9.17, 15) is 0 Å². The van der Waals surface area contributed by atoms with E-state index in [1.165, 1.54) is 11.1 Å². The first-order chi connectivity index (χ1) is 7.86. The zero-order valence-electron chi connectivity index (χ0n) is 12.0. The molecule has 0 aliphatic rings. The zero-order chi connectivity index (χ0) is 13.1. The molecule has 0 aliphatic carbocycles. The van der Waals surface area contributed by atoms with Gasteiger partial charge in [0.25, 0.3) is 0 Å².